The summed E-state index contributed by atoms with van der Waals surface area (Å²) in [5.41, 5.74) is 1.91. The first kappa shape index (κ1) is 10.5. The van der Waals surface area contributed by atoms with Gasteiger partial charge in [-0.15, -0.1) is 0 Å². The summed E-state index contributed by atoms with van der Waals surface area (Å²) in [5, 5.41) is 8.86. The minimum atomic E-state index is 0.0117. The Hall–Kier alpha value is -0.970. The maximum absolute atomic E-state index is 8.86. The van der Waals surface area contributed by atoms with Crippen molar-refractivity contribution in [3.8, 4) is 0 Å². The SMILES string of the molecule is OCc1ccc(CN2CCOCC2)cn1. The molecule has 2 heterocycles. The van der Waals surface area contributed by atoms with Crippen LogP contribution in [0.1, 0.15) is 11.3 Å². The number of aliphatic hydroxyl groups excluding tert-OH is 1. The van der Waals surface area contributed by atoms with Crippen molar-refractivity contribution in [3.05, 3.63) is 29.6 Å². The summed E-state index contributed by atoms with van der Waals surface area (Å²) in [5.74, 6) is 0. The number of rotatable bonds is 3. The first-order chi connectivity index (χ1) is 7.38. The van der Waals surface area contributed by atoms with E-state index in [1.807, 2.05) is 18.3 Å². The maximum atomic E-state index is 8.86. The van der Waals surface area contributed by atoms with Crippen LogP contribution in [0.2, 0.25) is 0 Å². The molecule has 1 N–H and O–H groups in total. The van der Waals surface area contributed by atoms with Crippen molar-refractivity contribution < 1.29 is 9.84 Å². The molecule has 1 saturated heterocycles. The molecule has 2 rings (SSSR count). The zero-order valence-electron chi connectivity index (χ0n) is 8.72. The Morgan fingerprint density at radius 1 is 1.33 bits per heavy atom. The van der Waals surface area contributed by atoms with Gasteiger partial charge in [-0.2, -0.15) is 0 Å². The van der Waals surface area contributed by atoms with Gasteiger partial charge in [0.2, 0.25) is 0 Å². The largest absolute Gasteiger partial charge is 0.390 e. The number of pyridine rings is 1. The summed E-state index contributed by atoms with van der Waals surface area (Å²) in [7, 11) is 0. The lowest BCUT2D eigenvalue weighted by molar-refractivity contribution is 0.0341. The minimum absolute atomic E-state index is 0.0117. The zero-order chi connectivity index (χ0) is 10.5. The molecule has 0 radical (unpaired) electrons. The van der Waals surface area contributed by atoms with Crippen molar-refractivity contribution in [2.24, 2.45) is 0 Å². The van der Waals surface area contributed by atoms with Crippen LogP contribution in [0.25, 0.3) is 0 Å². The van der Waals surface area contributed by atoms with Gasteiger partial charge in [0.1, 0.15) is 0 Å². The van der Waals surface area contributed by atoms with Crippen molar-refractivity contribution >= 4 is 0 Å². The molecule has 0 spiro atoms. The van der Waals surface area contributed by atoms with E-state index in [4.69, 9.17) is 9.84 Å². The molecule has 1 aliphatic heterocycles. The van der Waals surface area contributed by atoms with Crippen molar-refractivity contribution in [1.29, 1.82) is 0 Å². The van der Waals surface area contributed by atoms with E-state index in [9.17, 15) is 0 Å². The Morgan fingerprint density at radius 3 is 2.73 bits per heavy atom. The van der Waals surface area contributed by atoms with Crippen LogP contribution in [0.4, 0.5) is 0 Å². The average Bonchev–Trinajstić information content (AvgIpc) is 2.31. The number of hydrogen-bond acceptors (Lipinski definition) is 4. The average molecular weight is 208 g/mol. The second-order valence-electron chi connectivity index (χ2n) is 3.70. The Balaban J connectivity index is 1.91. The third kappa shape index (κ3) is 2.99. The van der Waals surface area contributed by atoms with E-state index < -0.39 is 0 Å². The molecule has 0 unspecified atom stereocenters. The van der Waals surface area contributed by atoms with Gasteiger partial charge in [0.15, 0.2) is 0 Å². The first-order valence-corrected chi connectivity index (χ1v) is 5.23. The van der Waals surface area contributed by atoms with Gasteiger partial charge in [-0.1, -0.05) is 6.07 Å². The summed E-state index contributed by atoms with van der Waals surface area (Å²) in [6, 6.07) is 3.89. The monoisotopic (exact) mass is 208 g/mol. The molecule has 0 saturated carbocycles. The van der Waals surface area contributed by atoms with Gasteiger partial charge in [-0.3, -0.25) is 9.88 Å². The topological polar surface area (TPSA) is 45.6 Å². The van der Waals surface area contributed by atoms with E-state index in [2.05, 4.69) is 9.88 Å². The van der Waals surface area contributed by atoms with Crippen LogP contribution in [0.3, 0.4) is 0 Å². The molecule has 0 atom stereocenters. The summed E-state index contributed by atoms with van der Waals surface area (Å²) in [6.07, 6.45) is 1.83. The third-order valence-corrected chi connectivity index (χ3v) is 2.56. The number of nitrogens with zero attached hydrogens (tertiary/aromatic N) is 2. The molecule has 0 aromatic carbocycles. The predicted molar refractivity (Wildman–Crippen MR) is 56.3 cm³/mol. The molecule has 1 aliphatic rings. The fourth-order valence-corrected chi connectivity index (χ4v) is 1.66. The third-order valence-electron chi connectivity index (χ3n) is 2.56. The minimum Gasteiger partial charge on any atom is -0.390 e. The van der Waals surface area contributed by atoms with Gasteiger partial charge in [0.25, 0.3) is 0 Å². The summed E-state index contributed by atoms with van der Waals surface area (Å²) in [4.78, 5) is 6.50. The van der Waals surface area contributed by atoms with E-state index in [0.717, 1.165) is 38.5 Å². The Bertz CT molecular complexity index is 294. The highest BCUT2D eigenvalue weighted by atomic mass is 16.5. The molecular formula is C11H16N2O2. The van der Waals surface area contributed by atoms with Crippen molar-refractivity contribution in [2.75, 3.05) is 26.3 Å². The number of aliphatic hydroxyl groups is 1. The molecule has 0 amide bonds. The van der Waals surface area contributed by atoms with Gasteiger partial charge >= 0.3 is 0 Å². The normalized spacial score (nSPS) is 17.9. The van der Waals surface area contributed by atoms with Crippen LogP contribution in [0.15, 0.2) is 18.3 Å². The van der Waals surface area contributed by atoms with E-state index in [-0.39, 0.29) is 6.61 Å². The fraction of sp³-hybridized carbons (Fsp3) is 0.545. The van der Waals surface area contributed by atoms with Crippen molar-refractivity contribution in [1.82, 2.24) is 9.88 Å². The second kappa shape index (κ2) is 5.21. The van der Waals surface area contributed by atoms with E-state index in [1.54, 1.807) is 0 Å². The second-order valence-corrected chi connectivity index (χ2v) is 3.70. The van der Waals surface area contributed by atoms with E-state index >= 15 is 0 Å². The van der Waals surface area contributed by atoms with Crippen molar-refractivity contribution in [3.63, 3.8) is 0 Å². The molecule has 82 valence electrons. The number of aromatic nitrogens is 1. The van der Waals surface area contributed by atoms with E-state index in [1.165, 1.54) is 5.56 Å². The van der Waals surface area contributed by atoms with Gasteiger partial charge in [0, 0.05) is 25.8 Å². The van der Waals surface area contributed by atoms with Gasteiger partial charge < -0.3 is 9.84 Å². The number of ether oxygens (including phenoxy) is 1. The highest BCUT2D eigenvalue weighted by molar-refractivity contribution is 5.13. The van der Waals surface area contributed by atoms with Gasteiger partial charge in [-0.25, -0.2) is 0 Å². The molecular weight excluding hydrogens is 192 g/mol. The van der Waals surface area contributed by atoms with Gasteiger partial charge in [0.05, 0.1) is 25.5 Å². The Morgan fingerprint density at radius 2 is 2.13 bits per heavy atom. The van der Waals surface area contributed by atoms with Gasteiger partial charge in [-0.05, 0) is 11.6 Å². The molecule has 4 nitrogen and oxygen atoms in total. The Kier molecular flexibility index (Phi) is 3.66. The smallest absolute Gasteiger partial charge is 0.0852 e. The molecule has 1 fully saturated rings. The molecule has 4 heteroatoms. The van der Waals surface area contributed by atoms with Crippen LogP contribution >= 0.6 is 0 Å². The first-order valence-electron chi connectivity index (χ1n) is 5.23. The summed E-state index contributed by atoms with van der Waals surface area (Å²) in [6.45, 7) is 4.55. The van der Waals surface area contributed by atoms with Crippen LogP contribution in [0, 0.1) is 0 Å². The van der Waals surface area contributed by atoms with Crippen LogP contribution in [-0.4, -0.2) is 41.3 Å². The summed E-state index contributed by atoms with van der Waals surface area (Å²) >= 11 is 0. The van der Waals surface area contributed by atoms with Crippen molar-refractivity contribution in [2.45, 2.75) is 13.2 Å². The van der Waals surface area contributed by atoms with Crippen LogP contribution in [0.5, 0.6) is 0 Å². The highest BCUT2D eigenvalue weighted by Gasteiger charge is 2.10. The lowest BCUT2D eigenvalue weighted by Crippen LogP contribution is -2.35. The highest BCUT2D eigenvalue weighted by Crippen LogP contribution is 2.06. The van der Waals surface area contributed by atoms with Crippen LogP contribution < -0.4 is 0 Å². The lowest BCUT2D eigenvalue weighted by Gasteiger charge is -2.26. The number of hydrogen-bond donors (Lipinski definition) is 1. The van der Waals surface area contributed by atoms with Crippen LogP contribution in [-0.2, 0) is 17.9 Å². The predicted octanol–water partition coefficient (Wildman–Crippen LogP) is 0.406. The Labute approximate surface area is 89.5 Å². The molecule has 15 heavy (non-hydrogen) atoms. The lowest BCUT2D eigenvalue weighted by atomic mass is 10.2. The molecule has 1 aromatic rings. The molecule has 1 aromatic heterocycles. The molecule has 0 aliphatic carbocycles. The molecule has 0 bridgehead atoms. The zero-order valence-corrected chi connectivity index (χ0v) is 8.72. The summed E-state index contributed by atoms with van der Waals surface area (Å²) < 4.78 is 5.28. The standard InChI is InChI=1S/C11H16N2O2/c14-9-11-2-1-10(7-12-11)8-13-3-5-15-6-4-13/h1-2,7,14H,3-6,8-9H2. The van der Waals surface area contributed by atoms with E-state index in [0.29, 0.717) is 0 Å². The quantitative estimate of drug-likeness (QED) is 0.781. The maximum Gasteiger partial charge on any atom is 0.0852 e. The fourth-order valence-electron chi connectivity index (χ4n) is 1.66. The number of morpholine rings is 1.